The van der Waals surface area contributed by atoms with Gasteiger partial charge in [0.15, 0.2) is 0 Å². The van der Waals surface area contributed by atoms with Crippen molar-refractivity contribution in [3.05, 3.63) is 71.8 Å². The van der Waals surface area contributed by atoms with Crippen LogP contribution in [-0.2, 0) is 25.7 Å². The molecule has 1 saturated heterocycles. The summed E-state index contributed by atoms with van der Waals surface area (Å²) in [6.07, 6.45) is 1.39. The summed E-state index contributed by atoms with van der Waals surface area (Å²) >= 11 is 0. The first-order valence-corrected chi connectivity index (χ1v) is 13.9. The second-order valence-electron chi connectivity index (χ2n) is 10.5. The summed E-state index contributed by atoms with van der Waals surface area (Å²) in [5, 5.41) is 20.6. The fourth-order valence-electron chi connectivity index (χ4n) is 4.67. The number of aliphatic carboxylic acids is 1. The van der Waals surface area contributed by atoms with E-state index >= 15 is 0 Å². The summed E-state index contributed by atoms with van der Waals surface area (Å²) in [5.74, 6) is -2.76. The summed E-state index contributed by atoms with van der Waals surface area (Å²) < 4.78 is 0. The van der Waals surface area contributed by atoms with Crippen molar-refractivity contribution in [1.29, 1.82) is 0 Å². The van der Waals surface area contributed by atoms with Crippen molar-refractivity contribution in [2.45, 2.75) is 57.8 Å². The molecule has 0 spiro atoms. The van der Waals surface area contributed by atoms with Crippen LogP contribution >= 0.6 is 0 Å². The van der Waals surface area contributed by atoms with Gasteiger partial charge in [0, 0.05) is 25.2 Å². The van der Waals surface area contributed by atoms with Crippen LogP contribution in [0.15, 0.2) is 60.7 Å². The highest BCUT2D eigenvalue weighted by Crippen LogP contribution is 2.18. The number of rotatable bonds is 14. The average Bonchev–Trinajstić information content (AvgIpc) is 3.46. The molecule has 11 nitrogen and oxygen atoms in total. The van der Waals surface area contributed by atoms with E-state index in [2.05, 4.69) is 21.3 Å². The van der Waals surface area contributed by atoms with Crippen LogP contribution in [-0.4, -0.2) is 77.4 Å². The molecule has 0 aromatic heterocycles. The summed E-state index contributed by atoms with van der Waals surface area (Å²) in [7, 11) is 0. The van der Waals surface area contributed by atoms with Gasteiger partial charge in [0.25, 0.3) is 5.91 Å². The van der Waals surface area contributed by atoms with Gasteiger partial charge in [-0.3, -0.25) is 29.3 Å². The summed E-state index contributed by atoms with van der Waals surface area (Å²) in [5.41, 5.74) is 1.34. The monoisotopic (exact) mass is 565 g/mol. The maximum absolute atomic E-state index is 13.2. The van der Waals surface area contributed by atoms with Crippen molar-refractivity contribution in [1.82, 2.24) is 26.2 Å². The zero-order chi connectivity index (χ0) is 29.8. The predicted molar refractivity (Wildman–Crippen MR) is 153 cm³/mol. The van der Waals surface area contributed by atoms with Crippen LogP contribution in [0.4, 0.5) is 0 Å². The molecule has 0 unspecified atom stereocenters. The molecular weight excluding hydrogens is 526 g/mol. The Labute approximate surface area is 240 Å². The number of likely N-dealkylation sites (tertiary alicyclic amines) is 1. The quantitative estimate of drug-likeness (QED) is 0.231. The normalized spacial score (nSPS) is 16.1. The zero-order valence-corrected chi connectivity index (χ0v) is 23.5. The van der Waals surface area contributed by atoms with Crippen molar-refractivity contribution < 1.29 is 29.1 Å². The fraction of sp³-hybridized carbons (Fsp3) is 0.433. The Bertz CT molecular complexity index is 1190. The Balaban J connectivity index is 1.55. The van der Waals surface area contributed by atoms with E-state index in [1.807, 2.05) is 44.2 Å². The Kier molecular flexibility index (Phi) is 11.8. The standard InChI is InChI=1S/C30H39N5O6/c1-20(2)16-23(28(38)32-18-24(30(40)41)31-17-21-10-5-3-6-11-21)34-29(39)25-14-9-15-35(25)26(36)19-33-27(37)22-12-7-4-8-13-22/h3-8,10-13,20,23-25,31H,9,14-19H2,1-2H3,(H,32,38)(H,33,37)(H,34,39)(H,40,41)/t23-,24-,25-/m0/s1. The summed E-state index contributed by atoms with van der Waals surface area (Å²) in [6, 6.07) is 15.1. The van der Waals surface area contributed by atoms with Crippen LogP contribution in [0, 0.1) is 5.92 Å². The van der Waals surface area contributed by atoms with E-state index in [-0.39, 0.29) is 30.8 Å². The minimum absolute atomic E-state index is 0.0621. The van der Waals surface area contributed by atoms with Crippen molar-refractivity contribution in [2.75, 3.05) is 19.6 Å². The van der Waals surface area contributed by atoms with Crippen molar-refractivity contribution >= 4 is 29.6 Å². The lowest BCUT2D eigenvalue weighted by molar-refractivity contribution is -0.140. The molecule has 11 heteroatoms. The Morgan fingerprint density at radius 3 is 2.22 bits per heavy atom. The molecule has 0 saturated carbocycles. The number of nitrogens with one attached hydrogen (secondary N) is 4. The van der Waals surface area contributed by atoms with Gasteiger partial charge >= 0.3 is 5.97 Å². The van der Waals surface area contributed by atoms with Gasteiger partial charge in [0.2, 0.25) is 17.7 Å². The number of carboxylic acids is 1. The minimum Gasteiger partial charge on any atom is -0.480 e. The van der Waals surface area contributed by atoms with Crippen LogP contribution in [0.5, 0.6) is 0 Å². The first kappa shape index (κ1) is 31.3. The molecule has 3 atom stereocenters. The molecule has 4 amide bonds. The number of carbonyl (C=O) groups excluding carboxylic acids is 4. The molecule has 0 bridgehead atoms. The smallest absolute Gasteiger partial charge is 0.322 e. The number of nitrogens with zero attached hydrogens (tertiary/aromatic N) is 1. The topological polar surface area (TPSA) is 157 Å². The van der Waals surface area contributed by atoms with Crippen LogP contribution in [0.25, 0.3) is 0 Å². The van der Waals surface area contributed by atoms with Gasteiger partial charge in [-0.1, -0.05) is 62.4 Å². The van der Waals surface area contributed by atoms with Crippen LogP contribution in [0.2, 0.25) is 0 Å². The number of hydrogen-bond acceptors (Lipinski definition) is 6. The van der Waals surface area contributed by atoms with Gasteiger partial charge in [-0.05, 0) is 42.9 Å². The molecule has 1 fully saturated rings. The molecule has 1 aliphatic heterocycles. The van der Waals surface area contributed by atoms with E-state index in [1.54, 1.807) is 30.3 Å². The van der Waals surface area contributed by atoms with E-state index in [0.717, 1.165) is 5.56 Å². The minimum atomic E-state index is -1.11. The molecule has 0 aliphatic carbocycles. The van der Waals surface area contributed by atoms with Gasteiger partial charge in [-0.15, -0.1) is 0 Å². The number of hydrogen-bond donors (Lipinski definition) is 5. The van der Waals surface area contributed by atoms with Gasteiger partial charge in [-0.25, -0.2) is 0 Å². The zero-order valence-electron chi connectivity index (χ0n) is 23.5. The number of carbonyl (C=O) groups is 5. The number of benzene rings is 2. The Hall–Kier alpha value is -4.25. The third kappa shape index (κ3) is 9.71. The third-order valence-corrected chi connectivity index (χ3v) is 6.83. The highest BCUT2D eigenvalue weighted by atomic mass is 16.4. The van der Waals surface area contributed by atoms with Gasteiger partial charge in [0.1, 0.15) is 18.1 Å². The second kappa shape index (κ2) is 15.5. The molecule has 1 heterocycles. The molecule has 2 aromatic carbocycles. The highest BCUT2D eigenvalue weighted by molar-refractivity contribution is 5.97. The Morgan fingerprint density at radius 2 is 1.59 bits per heavy atom. The Morgan fingerprint density at radius 1 is 0.927 bits per heavy atom. The molecular formula is C30H39N5O6. The van der Waals surface area contributed by atoms with Crippen LogP contribution in [0.3, 0.4) is 0 Å². The molecule has 0 radical (unpaired) electrons. The van der Waals surface area contributed by atoms with Crippen molar-refractivity contribution in [2.24, 2.45) is 5.92 Å². The van der Waals surface area contributed by atoms with E-state index in [4.69, 9.17) is 0 Å². The lowest BCUT2D eigenvalue weighted by Crippen LogP contribution is -2.56. The maximum Gasteiger partial charge on any atom is 0.322 e. The molecule has 220 valence electrons. The van der Waals surface area contributed by atoms with Crippen LogP contribution in [0.1, 0.15) is 49.0 Å². The molecule has 41 heavy (non-hydrogen) atoms. The van der Waals surface area contributed by atoms with Gasteiger partial charge in [0.05, 0.1) is 6.54 Å². The third-order valence-electron chi connectivity index (χ3n) is 6.83. The highest BCUT2D eigenvalue weighted by Gasteiger charge is 2.36. The van der Waals surface area contributed by atoms with E-state index in [0.29, 0.717) is 37.9 Å². The van der Waals surface area contributed by atoms with Crippen molar-refractivity contribution in [3.63, 3.8) is 0 Å². The second-order valence-corrected chi connectivity index (χ2v) is 10.5. The number of amides is 4. The SMILES string of the molecule is CC(C)C[C@H](NC(=O)[C@@H]1CCCN1C(=O)CNC(=O)c1ccccc1)C(=O)NC[C@H](NCc1ccccc1)C(=O)O. The predicted octanol–water partition coefficient (Wildman–Crippen LogP) is 1.30. The fourth-order valence-corrected chi connectivity index (χ4v) is 4.67. The largest absolute Gasteiger partial charge is 0.480 e. The summed E-state index contributed by atoms with van der Waals surface area (Å²) in [6.45, 7) is 4.09. The van der Waals surface area contributed by atoms with E-state index in [9.17, 15) is 29.1 Å². The lowest BCUT2D eigenvalue weighted by Gasteiger charge is -2.27. The molecule has 5 N–H and O–H groups in total. The van der Waals surface area contributed by atoms with Gasteiger partial charge in [-0.2, -0.15) is 0 Å². The molecule has 2 aromatic rings. The number of carboxylic acid groups (broad SMARTS) is 1. The lowest BCUT2D eigenvalue weighted by atomic mass is 10.0. The van der Waals surface area contributed by atoms with Crippen molar-refractivity contribution in [3.8, 4) is 0 Å². The van der Waals surface area contributed by atoms with E-state index < -0.39 is 35.9 Å². The van der Waals surface area contributed by atoms with Gasteiger partial charge < -0.3 is 26.0 Å². The maximum atomic E-state index is 13.2. The summed E-state index contributed by atoms with van der Waals surface area (Å²) in [4.78, 5) is 64.7. The molecule has 3 rings (SSSR count). The molecule has 1 aliphatic rings. The first-order chi connectivity index (χ1) is 19.7. The van der Waals surface area contributed by atoms with Crippen LogP contribution < -0.4 is 21.3 Å². The average molecular weight is 566 g/mol. The first-order valence-electron chi connectivity index (χ1n) is 13.9. The van der Waals surface area contributed by atoms with E-state index in [1.165, 1.54) is 4.90 Å².